The number of nitrogens with zero attached hydrogens (tertiary/aromatic N) is 2. The average molecular weight is 461 g/mol. The summed E-state index contributed by atoms with van der Waals surface area (Å²) in [4.78, 5) is 29.7. The quantitative estimate of drug-likeness (QED) is 0.621. The van der Waals surface area contributed by atoms with E-state index in [-0.39, 0.29) is 35.9 Å². The van der Waals surface area contributed by atoms with Gasteiger partial charge in [0.15, 0.2) is 0 Å². The second-order valence-electron chi connectivity index (χ2n) is 8.15. The van der Waals surface area contributed by atoms with Gasteiger partial charge in [0.05, 0.1) is 16.8 Å². The SMILES string of the molecule is O=C(CSc1ccc(F)cc1Cl)N1CCC(N2C(=O)OC3Cc4ccccc4C32)CC1. The number of hydrogen-bond donors (Lipinski definition) is 0. The summed E-state index contributed by atoms with van der Waals surface area (Å²) >= 11 is 7.36. The summed E-state index contributed by atoms with van der Waals surface area (Å²) in [5.41, 5.74) is 2.43. The summed E-state index contributed by atoms with van der Waals surface area (Å²) in [6.45, 7) is 1.20. The molecule has 1 aliphatic carbocycles. The molecule has 0 aromatic heterocycles. The fourth-order valence-corrected chi connectivity index (χ4v) is 6.02. The first-order valence-corrected chi connectivity index (χ1v) is 11.8. The Morgan fingerprint density at radius 1 is 1.19 bits per heavy atom. The third-order valence-corrected chi connectivity index (χ3v) is 7.85. The van der Waals surface area contributed by atoms with Crippen molar-refractivity contribution in [3.8, 4) is 0 Å². The zero-order valence-corrected chi connectivity index (χ0v) is 18.4. The van der Waals surface area contributed by atoms with Crippen LogP contribution in [0.1, 0.15) is 30.0 Å². The van der Waals surface area contributed by atoms with Gasteiger partial charge in [-0.15, -0.1) is 11.8 Å². The van der Waals surface area contributed by atoms with E-state index in [0.717, 1.165) is 19.3 Å². The van der Waals surface area contributed by atoms with Crippen LogP contribution in [0.2, 0.25) is 5.02 Å². The Balaban J connectivity index is 1.19. The number of ether oxygens (including phenoxy) is 1. The summed E-state index contributed by atoms with van der Waals surface area (Å²) in [6.07, 6.45) is 1.88. The van der Waals surface area contributed by atoms with Crippen LogP contribution in [-0.4, -0.2) is 52.8 Å². The highest BCUT2D eigenvalue weighted by Crippen LogP contribution is 2.44. The molecule has 2 atom stereocenters. The number of carbonyl (C=O) groups excluding carboxylic acids is 2. The van der Waals surface area contributed by atoms with Crippen molar-refractivity contribution < 1.29 is 18.7 Å². The van der Waals surface area contributed by atoms with Gasteiger partial charge in [-0.25, -0.2) is 9.18 Å². The van der Waals surface area contributed by atoms with Crippen molar-refractivity contribution in [1.29, 1.82) is 0 Å². The van der Waals surface area contributed by atoms with Crippen LogP contribution >= 0.6 is 23.4 Å². The molecule has 31 heavy (non-hydrogen) atoms. The molecule has 5 nitrogen and oxygen atoms in total. The molecule has 2 aromatic rings. The van der Waals surface area contributed by atoms with Gasteiger partial charge in [-0.3, -0.25) is 9.69 Å². The standard InChI is InChI=1S/C23H22ClFN2O3S/c24-18-12-15(25)5-6-20(18)31-13-21(28)26-9-7-16(8-10-26)27-22-17-4-2-1-3-14(17)11-19(22)30-23(27)29/h1-6,12,16,19,22H,7-11,13H2. The minimum atomic E-state index is -0.393. The minimum Gasteiger partial charge on any atom is -0.443 e. The summed E-state index contributed by atoms with van der Waals surface area (Å²) in [5, 5.41) is 0.315. The first kappa shape index (κ1) is 20.6. The van der Waals surface area contributed by atoms with Gasteiger partial charge < -0.3 is 9.64 Å². The van der Waals surface area contributed by atoms with Gasteiger partial charge in [0.1, 0.15) is 11.9 Å². The smallest absolute Gasteiger partial charge is 0.411 e. The Morgan fingerprint density at radius 3 is 2.74 bits per heavy atom. The molecule has 2 heterocycles. The Bertz CT molecular complexity index is 1030. The van der Waals surface area contributed by atoms with Crippen LogP contribution in [0, 0.1) is 5.82 Å². The van der Waals surface area contributed by atoms with Crippen LogP contribution in [0.25, 0.3) is 0 Å². The monoisotopic (exact) mass is 460 g/mol. The topological polar surface area (TPSA) is 49.9 Å². The molecule has 8 heteroatoms. The number of hydrogen-bond acceptors (Lipinski definition) is 4. The van der Waals surface area contributed by atoms with Crippen LogP contribution < -0.4 is 0 Å². The van der Waals surface area contributed by atoms with Crippen LogP contribution in [0.3, 0.4) is 0 Å². The molecule has 162 valence electrons. The van der Waals surface area contributed by atoms with Gasteiger partial charge in [-0.1, -0.05) is 35.9 Å². The van der Waals surface area contributed by atoms with Crippen LogP contribution in [0.5, 0.6) is 0 Å². The number of carbonyl (C=O) groups is 2. The Hall–Kier alpha value is -2.25. The Morgan fingerprint density at radius 2 is 1.97 bits per heavy atom. The molecule has 2 saturated heterocycles. The van der Waals surface area contributed by atoms with E-state index in [4.69, 9.17) is 16.3 Å². The van der Waals surface area contributed by atoms with Crippen molar-refractivity contribution in [2.24, 2.45) is 0 Å². The number of likely N-dealkylation sites (tertiary alicyclic amines) is 1. The fourth-order valence-electron chi connectivity index (χ4n) is 4.87. The highest BCUT2D eigenvalue weighted by molar-refractivity contribution is 8.00. The predicted octanol–water partition coefficient (Wildman–Crippen LogP) is 4.68. The number of fused-ring (bicyclic) bond motifs is 3. The highest BCUT2D eigenvalue weighted by Gasteiger charge is 2.50. The van der Waals surface area contributed by atoms with E-state index in [2.05, 4.69) is 12.1 Å². The highest BCUT2D eigenvalue weighted by atomic mass is 35.5. The van der Waals surface area contributed by atoms with Crippen molar-refractivity contribution >= 4 is 35.4 Å². The van der Waals surface area contributed by atoms with Crippen molar-refractivity contribution in [2.75, 3.05) is 18.8 Å². The third kappa shape index (κ3) is 3.89. The summed E-state index contributed by atoms with van der Waals surface area (Å²) in [6, 6.07) is 12.5. The molecule has 2 amide bonds. The molecule has 0 bridgehead atoms. The maximum atomic E-state index is 13.2. The second kappa shape index (κ2) is 8.36. The Kier molecular flexibility index (Phi) is 5.56. The molecule has 2 fully saturated rings. The lowest BCUT2D eigenvalue weighted by Gasteiger charge is -2.38. The van der Waals surface area contributed by atoms with Crippen molar-refractivity contribution in [3.05, 3.63) is 64.4 Å². The lowest BCUT2D eigenvalue weighted by Crippen LogP contribution is -2.48. The largest absolute Gasteiger partial charge is 0.443 e. The Labute approximate surface area is 189 Å². The third-order valence-electron chi connectivity index (χ3n) is 6.37. The lowest BCUT2D eigenvalue weighted by atomic mass is 9.99. The van der Waals surface area contributed by atoms with Gasteiger partial charge in [0.2, 0.25) is 5.91 Å². The molecule has 2 aliphatic heterocycles. The van der Waals surface area contributed by atoms with E-state index >= 15 is 0 Å². The number of benzene rings is 2. The second-order valence-corrected chi connectivity index (χ2v) is 9.58. The lowest BCUT2D eigenvalue weighted by molar-refractivity contribution is -0.129. The molecule has 0 N–H and O–H groups in total. The van der Waals surface area contributed by atoms with Gasteiger partial charge in [-0.2, -0.15) is 0 Å². The van der Waals surface area contributed by atoms with E-state index in [1.807, 2.05) is 21.9 Å². The number of thioether (sulfide) groups is 1. The van der Waals surface area contributed by atoms with Crippen LogP contribution in [0.15, 0.2) is 47.4 Å². The van der Waals surface area contributed by atoms with Gasteiger partial charge >= 0.3 is 6.09 Å². The number of halogens is 2. The van der Waals surface area contributed by atoms with Crippen molar-refractivity contribution in [3.63, 3.8) is 0 Å². The van der Waals surface area contributed by atoms with E-state index in [0.29, 0.717) is 23.0 Å². The molecule has 0 saturated carbocycles. The van der Waals surface area contributed by atoms with Gasteiger partial charge in [-0.05, 0) is 42.2 Å². The molecular formula is C23H22ClFN2O3S. The first-order valence-electron chi connectivity index (χ1n) is 10.4. The predicted molar refractivity (Wildman–Crippen MR) is 117 cm³/mol. The molecule has 2 unspecified atom stereocenters. The fraction of sp³-hybridized carbons (Fsp3) is 0.391. The average Bonchev–Trinajstić information content (AvgIpc) is 3.27. The van der Waals surface area contributed by atoms with E-state index < -0.39 is 5.82 Å². The number of amides is 2. The molecular weight excluding hydrogens is 439 g/mol. The van der Waals surface area contributed by atoms with Gasteiger partial charge in [0, 0.05) is 30.4 Å². The van der Waals surface area contributed by atoms with E-state index in [1.165, 1.54) is 35.0 Å². The van der Waals surface area contributed by atoms with Crippen molar-refractivity contribution in [1.82, 2.24) is 9.80 Å². The molecule has 2 aromatic carbocycles. The molecule has 0 spiro atoms. The zero-order valence-electron chi connectivity index (χ0n) is 16.8. The minimum absolute atomic E-state index is 0.0212. The maximum absolute atomic E-state index is 13.2. The van der Waals surface area contributed by atoms with E-state index in [1.54, 1.807) is 6.07 Å². The molecule has 5 rings (SSSR count). The molecule has 0 radical (unpaired) electrons. The van der Waals surface area contributed by atoms with Crippen LogP contribution in [0.4, 0.5) is 9.18 Å². The van der Waals surface area contributed by atoms with E-state index in [9.17, 15) is 14.0 Å². The number of rotatable bonds is 4. The normalized spacial score (nSPS) is 23.0. The summed E-state index contributed by atoms with van der Waals surface area (Å²) in [7, 11) is 0. The van der Waals surface area contributed by atoms with Crippen LogP contribution in [-0.2, 0) is 16.0 Å². The first-order chi connectivity index (χ1) is 15.0. The van der Waals surface area contributed by atoms with Gasteiger partial charge in [0.25, 0.3) is 0 Å². The maximum Gasteiger partial charge on any atom is 0.411 e. The van der Waals surface area contributed by atoms with Crippen molar-refractivity contribution in [2.45, 2.75) is 42.3 Å². The zero-order chi connectivity index (χ0) is 21.5. The summed E-state index contributed by atoms with van der Waals surface area (Å²) in [5.74, 6) is -0.118. The molecule has 3 aliphatic rings. The summed E-state index contributed by atoms with van der Waals surface area (Å²) < 4.78 is 18.9. The number of piperidine rings is 1.